The van der Waals surface area contributed by atoms with Crippen LogP contribution in [0.15, 0.2) is 24.3 Å². The van der Waals surface area contributed by atoms with E-state index < -0.39 is 6.04 Å². The molecule has 3 amide bonds. The fourth-order valence-corrected chi connectivity index (χ4v) is 1.74. The minimum absolute atomic E-state index is 0. The fourth-order valence-electron chi connectivity index (χ4n) is 1.74. The summed E-state index contributed by atoms with van der Waals surface area (Å²) in [6, 6.07) is 6.21. The van der Waals surface area contributed by atoms with Crippen molar-refractivity contribution in [2.75, 3.05) is 10.6 Å². The summed E-state index contributed by atoms with van der Waals surface area (Å²) in [5.74, 6) is -0.199. The van der Waals surface area contributed by atoms with E-state index in [2.05, 4.69) is 16.0 Å². The molecule has 0 heterocycles. The van der Waals surface area contributed by atoms with Gasteiger partial charge in [-0.15, -0.1) is 12.4 Å². The number of amides is 3. The van der Waals surface area contributed by atoms with Crippen LogP contribution >= 0.6 is 12.4 Å². The zero-order chi connectivity index (χ0) is 15.8. The smallest absolute Gasteiger partial charge is 0.319 e. The molecule has 0 bridgehead atoms. The SMILES string of the molecule is CCCC(N)C(=O)Nc1ccc(NC(=O)NC(C)C)cc1.Cl. The maximum atomic E-state index is 11.8. The van der Waals surface area contributed by atoms with E-state index >= 15 is 0 Å². The summed E-state index contributed by atoms with van der Waals surface area (Å²) in [5, 5.41) is 8.19. The minimum Gasteiger partial charge on any atom is -0.336 e. The van der Waals surface area contributed by atoms with Gasteiger partial charge in [0.25, 0.3) is 0 Å². The molecule has 0 spiro atoms. The molecular weight excluding hydrogens is 304 g/mol. The van der Waals surface area contributed by atoms with E-state index in [1.54, 1.807) is 24.3 Å². The summed E-state index contributed by atoms with van der Waals surface area (Å²) in [7, 11) is 0. The van der Waals surface area contributed by atoms with E-state index in [1.165, 1.54) is 0 Å². The first-order valence-electron chi connectivity index (χ1n) is 7.16. The zero-order valence-electron chi connectivity index (χ0n) is 13.2. The van der Waals surface area contributed by atoms with Crippen molar-refractivity contribution < 1.29 is 9.59 Å². The summed E-state index contributed by atoms with van der Waals surface area (Å²) >= 11 is 0. The van der Waals surface area contributed by atoms with Crippen molar-refractivity contribution in [3.05, 3.63) is 24.3 Å². The summed E-state index contributed by atoms with van der Waals surface area (Å²) < 4.78 is 0. The first-order chi connectivity index (χ1) is 9.92. The average molecular weight is 329 g/mol. The molecule has 0 saturated carbocycles. The topological polar surface area (TPSA) is 96.2 Å². The molecule has 0 aliphatic rings. The molecule has 1 aromatic carbocycles. The number of halogens is 1. The van der Waals surface area contributed by atoms with Gasteiger partial charge in [-0.05, 0) is 44.5 Å². The highest BCUT2D eigenvalue weighted by atomic mass is 35.5. The molecule has 0 saturated heterocycles. The first kappa shape index (κ1) is 20.2. The highest BCUT2D eigenvalue weighted by Crippen LogP contribution is 2.14. The third-order valence-corrected chi connectivity index (χ3v) is 2.77. The Bertz CT molecular complexity index is 477. The van der Waals surface area contributed by atoms with Crippen LogP contribution in [-0.4, -0.2) is 24.0 Å². The van der Waals surface area contributed by atoms with Crippen molar-refractivity contribution in [3.63, 3.8) is 0 Å². The predicted molar refractivity (Wildman–Crippen MR) is 92.5 cm³/mol. The highest BCUT2D eigenvalue weighted by Gasteiger charge is 2.12. The van der Waals surface area contributed by atoms with E-state index in [0.29, 0.717) is 17.8 Å². The molecule has 6 nitrogen and oxygen atoms in total. The van der Waals surface area contributed by atoms with Crippen molar-refractivity contribution in [1.82, 2.24) is 5.32 Å². The molecule has 1 rings (SSSR count). The maximum Gasteiger partial charge on any atom is 0.319 e. The van der Waals surface area contributed by atoms with Crippen molar-refractivity contribution >= 4 is 35.7 Å². The Labute approximate surface area is 137 Å². The number of nitrogens with two attached hydrogens (primary N) is 1. The number of benzene rings is 1. The molecule has 0 aliphatic heterocycles. The van der Waals surface area contributed by atoms with Crippen LogP contribution in [0.2, 0.25) is 0 Å². The Morgan fingerprint density at radius 1 is 1.09 bits per heavy atom. The molecule has 22 heavy (non-hydrogen) atoms. The van der Waals surface area contributed by atoms with Gasteiger partial charge in [-0.1, -0.05) is 13.3 Å². The molecule has 0 fully saturated rings. The van der Waals surface area contributed by atoms with E-state index in [4.69, 9.17) is 5.73 Å². The number of hydrogen-bond donors (Lipinski definition) is 4. The molecule has 7 heteroatoms. The monoisotopic (exact) mass is 328 g/mol. The molecule has 1 unspecified atom stereocenters. The third kappa shape index (κ3) is 7.28. The molecule has 0 radical (unpaired) electrons. The van der Waals surface area contributed by atoms with Crippen LogP contribution in [0.5, 0.6) is 0 Å². The largest absolute Gasteiger partial charge is 0.336 e. The number of carbonyl (C=O) groups is 2. The number of rotatable bonds is 6. The lowest BCUT2D eigenvalue weighted by atomic mass is 10.1. The molecule has 0 aromatic heterocycles. The van der Waals surface area contributed by atoms with Gasteiger partial charge in [0.05, 0.1) is 6.04 Å². The summed E-state index contributed by atoms with van der Waals surface area (Å²) in [6.07, 6.45) is 1.52. The van der Waals surface area contributed by atoms with Gasteiger partial charge in [0, 0.05) is 17.4 Å². The average Bonchev–Trinajstić information content (AvgIpc) is 2.40. The molecule has 1 atom stereocenters. The van der Waals surface area contributed by atoms with Gasteiger partial charge in [0.2, 0.25) is 5.91 Å². The van der Waals surface area contributed by atoms with E-state index in [-0.39, 0.29) is 30.4 Å². The van der Waals surface area contributed by atoms with E-state index in [1.807, 2.05) is 20.8 Å². The maximum absolute atomic E-state index is 11.8. The van der Waals surface area contributed by atoms with Crippen molar-refractivity contribution in [2.24, 2.45) is 5.73 Å². The lowest BCUT2D eigenvalue weighted by Gasteiger charge is -2.12. The molecule has 1 aromatic rings. The van der Waals surface area contributed by atoms with Crippen LogP contribution in [0.1, 0.15) is 33.6 Å². The first-order valence-corrected chi connectivity index (χ1v) is 7.16. The number of anilines is 2. The lowest BCUT2D eigenvalue weighted by molar-refractivity contribution is -0.117. The van der Waals surface area contributed by atoms with Crippen molar-refractivity contribution in [3.8, 4) is 0 Å². The van der Waals surface area contributed by atoms with Crippen LogP contribution < -0.4 is 21.7 Å². The predicted octanol–water partition coefficient (Wildman–Crippen LogP) is 2.70. The van der Waals surface area contributed by atoms with Crippen molar-refractivity contribution in [1.29, 1.82) is 0 Å². The number of nitrogens with one attached hydrogen (secondary N) is 3. The van der Waals surface area contributed by atoms with E-state index in [9.17, 15) is 9.59 Å². The molecule has 0 aliphatic carbocycles. The van der Waals surface area contributed by atoms with Gasteiger partial charge in [0.15, 0.2) is 0 Å². The van der Waals surface area contributed by atoms with Crippen LogP contribution in [0, 0.1) is 0 Å². The Hall–Kier alpha value is -1.79. The Morgan fingerprint density at radius 2 is 1.59 bits per heavy atom. The van der Waals surface area contributed by atoms with Crippen molar-refractivity contribution in [2.45, 2.75) is 45.7 Å². The molecule has 124 valence electrons. The zero-order valence-corrected chi connectivity index (χ0v) is 14.0. The van der Waals surface area contributed by atoms with Gasteiger partial charge < -0.3 is 21.7 Å². The molecule has 5 N–H and O–H groups in total. The van der Waals surface area contributed by atoms with Gasteiger partial charge in [0.1, 0.15) is 0 Å². The van der Waals surface area contributed by atoms with Gasteiger partial charge in [-0.2, -0.15) is 0 Å². The van der Waals surface area contributed by atoms with Gasteiger partial charge >= 0.3 is 6.03 Å². The standard InChI is InChI=1S/C15H24N4O2.ClH/c1-4-5-13(16)14(20)18-11-6-8-12(9-7-11)19-15(21)17-10(2)3;/h6-10,13H,4-5,16H2,1-3H3,(H,18,20)(H2,17,19,21);1H. The Morgan fingerprint density at radius 3 is 2.05 bits per heavy atom. The summed E-state index contributed by atoms with van der Waals surface area (Å²) in [5.41, 5.74) is 7.05. The third-order valence-electron chi connectivity index (χ3n) is 2.77. The highest BCUT2D eigenvalue weighted by molar-refractivity contribution is 5.95. The van der Waals surface area contributed by atoms with Crippen LogP contribution in [0.3, 0.4) is 0 Å². The number of urea groups is 1. The van der Waals surface area contributed by atoms with Gasteiger partial charge in [-0.25, -0.2) is 4.79 Å². The number of hydrogen-bond acceptors (Lipinski definition) is 3. The minimum atomic E-state index is -0.496. The Balaban J connectivity index is 0.00000441. The second kappa shape index (κ2) is 10.0. The van der Waals surface area contributed by atoms with Gasteiger partial charge in [-0.3, -0.25) is 4.79 Å². The van der Waals surface area contributed by atoms with Crippen LogP contribution in [-0.2, 0) is 4.79 Å². The van der Waals surface area contributed by atoms with E-state index in [0.717, 1.165) is 6.42 Å². The Kier molecular flexibility index (Phi) is 9.21. The summed E-state index contributed by atoms with van der Waals surface area (Å²) in [4.78, 5) is 23.3. The van der Waals surface area contributed by atoms with Crippen LogP contribution in [0.4, 0.5) is 16.2 Å². The van der Waals surface area contributed by atoms with Crippen LogP contribution in [0.25, 0.3) is 0 Å². The quantitative estimate of drug-likeness (QED) is 0.646. The second-order valence-corrected chi connectivity index (χ2v) is 5.21. The lowest BCUT2D eigenvalue weighted by Crippen LogP contribution is -2.35. The molecular formula is C15H25ClN4O2. The number of carbonyl (C=O) groups excluding carboxylic acids is 2. The normalized spacial score (nSPS) is 11.3. The second-order valence-electron chi connectivity index (χ2n) is 5.21. The summed E-state index contributed by atoms with van der Waals surface area (Å²) in [6.45, 7) is 5.76. The fraction of sp³-hybridized carbons (Fsp3) is 0.467.